The molecule has 1 aliphatic heterocycles. The minimum Gasteiger partial charge on any atom is -0.271 e. The van der Waals surface area contributed by atoms with Crippen LogP contribution in [0.5, 0.6) is 0 Å². The van der Waals surface area contributed by atoms with Crippen molar-refractivity contribution in [3.05, 3.63) is 59.7 Å². The van der Waals surface area contributed by atoms with Gasteiger partial charge in [-0.1, -0.05) is 24.3 Å². The van der Waals surface area contributed by atoms with E-state index in [1.807, 2.05) is 55.5 Å². The van der Waals surface area contributed by atoms with E-state index in [9.17, 15) is 4.79 Å². The van der Waals surface area contributed by atoms with Crippen molar-refractivity contribution in [1.29, 1.82) is 0 Å². The molecule has 0 saturated heterocycles. The molecule has 23 heavy (non-hydrogen) atoms. The van der Waals surface area contributed by atoms with Crippen LogP contribution in [0.2, 0.25) is 0 Å². The van der Waals surface area contributed by atoms with Gasteiger partial charge in [0.25, 0.3) is 5.91 Å². The van der Waals surface area contributed by atoms with Crippen molar-refractivity contribution in [2.45, 2.75) is 20.8 Å². The smallest absolute Gasteiger partial charge is 0.261 e. The third kappa shape index (κ3) is 3.06. The number of amides is 1. The second kappa shape index (κ2) is 6.16. The van der Waals surface area contributed by atoms with Gasteiger partial charge in [-0.05, 0) is 56.2 Å². The van der Waals surface area contributed by atoms with E-state index in [0.717, 1.165) is 17.1 Å². The van der Waals surface area contributed by atoms with Gasteiger partial charge in [-0.3, -0.25) is 9.79 Å². The molecule has 0 aliphatic carbocycles. The van der Waals surface area contributed by atoms with Crippen LogP contribution in [-0.4, -0.2) is 17.8 Å². The molecular weight excluding hydrogens is 286 g/mol. The van der Waals surface area contributed by atoms with Crippen molar-refractivity contribution < 1.29 is 4.79 Å². The number of hydrogen-bond acceptors (Lipinski definition) is 3. The summed E-state index contributed by atoms with van der Waals surface area (Å²) in [5.41, 5.74) is 4.81. The molecule has 0 saturated carbocycles. The second-order valence-electron chi connectivity index (χ2n) is 5.75. The number of carbonyl (C=O) groups excluding carboxylic acids is 1. The predicted octanol–water partition coefficient (Wildman–Crippen LogP) is 4.04. The molecule has 1 atom stereocenters. The molecule has 1 aliphatic rings. The van der Waals surface area contributed by atoms with Crippen LogP contribution in [0.3, 0.4) is 0 Å². The molecule has 0 radical (unpaired) electrons. The van der Waals surface area contributed by atoms with E-state index in [4.69, 9.17) is 0 Å². The number of para-hydroxylation sites is 1. The third-order valence-corrected chi connectivity index (χ3v) is 4.05. The van der Waals surface area contributed by atoms with Gasteiger partial charge in [-0.15, -0.1) is 0 Å². The van der Waals surface area contributed by atoms with E-state index in [2.05, 4.69) is 23.9 Å². The van der Waals surface area contributed by atoms with Crippen LogP contribution in [0.25, 0.3) is 0 Å². The van der Waals surface area contributed by atoms with Gasteiger partial charge in [-0.25, -0.2) is 0 Å². The highest BCUT2D eigenvalue weighted by atomic mass is 16.2. The minimum atomic E-state index is -0.406. The monoisotopic (exact) mass is 305 g/mol. The summed E-state index contributed by atoms with van der Waals surface area (Å²) in [6, 6.07) is 15.5. The maximum Gasteiger partial charge on any atom is 0.261 e. The summed E-state index contributed by atoms with van der Waals surface area (Å²) in [6.07, 6.45) is 1.69. The van der Waals surface area contributed by atoms with Gasteiger partial charge in [0.05, 0.1) is 17.1 Å². The Morgan fingerprint density at radius 2 is 1.78 bits per heavy atom. The quantitative estimate of drug-likeness (QED) is 0.789. The first kappa shape index (κ1) is 15.2. The summed E-state index contributed by atoms with van der Waals surface area (Å²) in [5, 5.41) is 5.83. The number of carbonyl (C=O) groups is 1. The van der Waals surface area contributed by atoms with Crippen molar-refractivity contribution in [2.24, 2.45) is 16.0 Å². The maximum atomic E-state index is 12.6. The second-order valence-corrected chi connectivity index (χ2v) is 5.75. The maximum absolute atomic E-state index is 12.6. The molecule has 3 rings (SSSR count). The highest BCUT2D eigenvalue weighted by Crippen LogP contribution is 2.24. The fraction of sp³-hybridized carbons (Fsp3) is 0.211. The zero-order valence-corrected chi connectivity index (χ0v) is 13.5. The fourth-order valence-electron chi connectivity index (χ4n) is 2.47. The first-order valence-corrected chi connectivity index (χ1v) is 7.62. The molecule has 0 bridgehead atoms. The summed E-state index contributed by atoms with van der Waals surface area (Å²) in [4.78, 5) is 17.0. The Bertz CT molecular complexity index is 794. The first-order valence-electron chi connectivity index (χ1n) is 7.62. The van der Waals surface area contributed by atoms with E-state index in [1.54, 1.807) is 6.21 Å². The molecule has 0 aromatic heterocycles. The molecule has 1 amide bonds. The largest absolute Gasteiger partial charge is 0.271 e. The lowest BCUT2D eigenvalue weighted by atomic mass is 10.1. The van der Waals surface area contributed by atoms with Gasteiger partial charge in [0.2, 0.25) is 0 Å². The number of aryl methyl sites for hydroxylation is 2. The highest BCUT2D eigenvalue weighted by Gasteiger charge is 2.33. The number of hydrogen-bond donors (Lipinski definition) is 0. The van der Waals surface area contributed by atoms with Gasteiger partial charge in [-0.2, -0.15) is 10.1 Å². The third-order valence-electron chi connectivity index (χ3n) is 4.05. The Morgan fingerprint density at radius 1 is 1.04 bits per heavy atom. The first-order chi connectivity index (χ1) is 11.1. The van der Waals surface area contributed by atoms with E-state index < -0.39 is 5.92 Å². The number of hydrazone groups is 1. The van der Waals surface area contributed by atoms with E-state index in [-0.39, 0.29) is 5.91 Å². The van der Waals surface area contributed by atoms with Gasteiger partial charge in [0.1, 0.15) is 5.92 Å². The average molecular weight is 305 g/mol. The van der Waals surface area contributed by atoms with Crippen molar-refractivity contribution in [3.63, 3.8) is 0 Å². The van der Waals surface area contributed by atoms with Gasteiger partial charge >= 0.3 is 0 Å². The van der Waals surface area contributed by atoms with Crippen LogP contribution in [0.15, 0.2) is 58.6 Å². The van der Waals surface area contributed by atoms with E-state index in [1.165, 1.54) is 16.1 Å². The number of benzene rings is 2. The van der Waals surface area contributed by atoms with Gasteiger partial charge in [0.15, 0.2) is 0 Å². The summed E-state index contributed by atoms with van der Waals surface area (Å²) in [7, 11) is 0. The van der Waals surface area contributed by atoms with Crippen LogP contribution in [0.4, 0.5) is 11.4 Å². The molecule has 0 unspecified atom stereocenters. The average Bonchev–Trinajstić information content (AvgIpc) is 2.84. The molecular formula is C19H19N3O. The zero-order valence-electron chi connectivity index (χ0n) is 13.5. The van der Waals surface area contributed by atoms with E-state index >= 15 is 0 Å². The lowest BCUT2D eigenvalue weighted by Gasteiger charge is -2.12. The number of nitrogens with zero attached hydrogens (tertiary/aromatic N) is 3. The van der Waals surface area contributed by atoms with Gasteiger partial charge in [0, 0.05) is 6.21 Å². The molecule has 4 nitrogen and oxygen atoms in total. The SMILES string of the molecule is CC1=NN(c2ccccc2)C(=O)[C@H]1C=Nc1ccc(C)c(C)c1. The summed E-state index contributed by atoms with van der Waals surface area (Å²) in [5.74, 6) is -0.474. The highest BCUT2D eigenvalue weighted by molar-refractivity contribution is 6.23. The van der Waals surface area contributed by atoms with E-state index in [0.29, 0.717) is 0 Å². The summed E-state index contributed by atoms with van der Waals surface area (Å²) >= 11 is 0. The van der Waals surface area contributed by atoms with Crippen molar-refractivity contribution >= 4 is 29.2 Å². The van der Waals surface area contributed by atoms with Crippen molar-refractivity contribution in [1.82, 2.24) is 0 Å². The zero-order chi connectivity index (χ0) is 16.4. The minimum absolute atomic E-state index is 0.0683. The van der Waals surface area contributed by atoms with Crippen molar-refractivity contribution in [2.75, 3.05) is 5.01 Å². The van der Waals surface area contributed by atoms with Gasteiger partial charge < -0.3 is 0 Å². The Labute approximate surface area is 136 Å². The molecule has 1 heterocycles. The predicted molar refractivity (Wildman–Crippen MR) is 94.6 cm³/mol. The van der Waals surface area contributed by atoms with Crippen LogP contribution in [0.1, 0.15) is 18.1 Å². The molecule has 0 spiro atoms. The normalized spacial score (nSPS) is 17.9. The summed E-state index contributed by atoms with van der Waals surface area (Å²) < 4.78 is 0. The Kier molecular flexibility index (Phi) is 4.06. The van der Waals surface area contributed by atoms with Crippen LogP contribution in [0, 0.1) is 19.8 Å². The van der Waals surface area contributed by atoms with Crippen LogP contribution < -0.4 is 5.01 Å². The Balaban J connectivity index is 1.81. The number of aliphatic imine (C=N–C) groups is 1. The molecule has 2 aromatic rings. The molecule has 2 aromatic carbocycles. The van der Waals surface area contributed by atoms with Crippen LogP contribution >= 0.6 is 0 Å². The lowest BCUT2D eigenvalue weighted by Crippen LogP contribution is -2.27. The molecule has 116 valence electrons. The fourth-order valence-corrected chi connectivity index (χ4v) is 2.47. The standard InChI is InChI=1S/C19H19N3O/c1-13-9-10-16(11-14(13)2)20-12-18-15(3)21-22(19(18)23)17-7-5-4-6-8-17/h4-12,18H,1-3H3/t18-/m0/s1. The number of rotatable bonds is 3. The summed E-state index contributed by atoms with van der Waals surface area (Å²) in [6.45, 7) is 5.98. The molecule has 0 fully saturated rings. The molecule has 4 heteroatoms. The van der Waals surface area contributed by atoms with Crippen molar-refractivity contribution in [3.8, 4) is 0 Å². The Hall–Kier alpha value is -2.75. The lowest BCUT2D eigenvalue weighted by molar-refractivity contribution is -0.118. The molecule has 0 N–H and O–H groups in total. The number of anilines is 1. The Morgan fingerprint density at radius 3 is 2.48 bits per heavy atom. The topological polar surface area (TPSA) is 45.0 Å². The van der Waals surface area contributed by atoms with Crippen LogP contribution in [-0.2, 0) is 4.79 Å².